The number of benzene rings is 1. The quantitative estimate of drug-likeness (QED) is 0.767. The largest absolute Gasteiger partial charge is 0.319 e. The van der Waals surface area contributed by atoms with Crippen LogP contribution in [-0.4, -0.2) is 32.1 Å². The maximum Gasteiger partial charge on any atom is 0.0409 e. The Morgan fingerprint density at radius 1 is 1.40 bits per heavy atom. The van der Waals surface area contributed by atoms with Gasteiger partial charge in [0.25, 0.3) is 0 Å². The highest BCUT2D eigenvalue weighted by Gasteiger charge is 2.26. The van der Waals surface area contributed by atoms with Gasteiger partial charge in [-0.2, -0.15) is 0 Å². The van der Waals surface area contributed by atoms with E-state index < -0.39 is 0 Å². The third kappa shape index (κ3) is 5.08. The van der Waals surface area contributed by atoms with Crippen LogP contribution in [0.2, 0.25) is 5.02 Å². The van der Waals surface area contributed by atoms with E-state index in [1.165, 1.54) is 18.4 Å². The van der Waals surface area contributed by atoms with Gasteiger partial charge in [-0.05, 0) is 50.6 Å². The first-order valence-electron chi connectivity index (χ1n) is 7.52. The molecule has 20 heavy (non-hydrogen) atoms. The average molecular weight is 297 g/mol. The minimum Gasteiger partial charge on any atom is -0.319 e. The topological polar surface area (TPSA) is 15.3 Å². The first-order chi connectivity index (χ1) is 9.41. The molecule has 1 aromatic rings. The second-order valence-electron chi connectivity index (χ2n) is 6.24. The van der Waals surface area contributed by atoms with E-state index in [-0.39, 0.29) is 0 Å². The average Bonchev–Trinajstić information content (AvgIpc) is 2.38. The Balaban J connectivity index is 2.75. The molecular formula is C17H29ClN2. The molecule has 0 fully saturated rings. The lowest BCUT2D eigenvalue weighted by atomic mass is 9.84. The van der Waals surface area contributed by atoms with Gasteiger partial charge in [-0.1, -0.05) is 44.0 Å². The van der Waals surface area contributed by atoms with Gasteiger partial charge in [0, 0.05) is 24.2 Å². The Kier molecular flexibility index (Phi) is 7.01. The first kappa shape index (κ1) is 17.5. The molecule has 0 saturated carbocycles. The van der Waals surface area contributed by atoms with Crippen LogP contribution in [0.25, 0.3) is 0 Å². The minimum absolute atomic E-state index is 0.311. The Hall–Kier alpha value is -0.570. The second kappa shape index (κ2) is 8.02. The minimum atomic E-state index is 0.311. The van der Waals surface area contributed by atoms with E-state index in [9.17, 15) is 0 Å². The molecule has 0 aliphatic heterocycles. The molecule has 3 heteroatoms. The van der Waals surface area contributed by atoms with Gasteiger partial charge in [0.1, 0.15) is 0 Å². The van der Waals surface area contributed by atoms with Crippen LogP contribution in [0.3, 0.4) is 0 Å². The van der Waals surface area contributed by atoms with Crippen molar-refractivity contribution in [3.63, 3.8) is 0 Å². The summed E-state index contributed by atoms with van der Waals surface area (Å²) in [7, 11) is 4.24. The molecule has 0 heterocycles. The SMILES string of the molecule is CCCC(C)(CNC)CN(C)C(C)c1cccc(Cl)c1. The summed E-state index contributed by atoms with van der Waals surface area (Å²) in [5, 5.41) is 4.15. The number of hydrogen-bond donors (Lipinski definition) is 1. The van der Waals surface area contributed by atoms with Gasteiger partial charge in [-0.25, -0.2) is 0 Å². The normalized spacial score (nSPS) is 16.1. The smallest absolute Gasteiger partial charge is 0.0409 e. The van der Waals surface area contributed by atoms with Crippen LogP contribution in [-0.2, 0) is 0 Å². The fourth-order valence-corrected chi connectivity index (χ4v) is 3.21. The Morgan fingerprint density at radius 3 is 2.65 bits per heavy atom. The Labute approximate surface area is 129 Å². The summed E-state index contributed by atoms with van der Waals surface area (Å²) in [5.74, 6) is 0. The first-order valence-corrected chi connectivity index (χ1v) is 7.90. The summed E-state index contributed by atoms with van der Waals surface area (Å²) >= 11 is 6.10. The van der Waals surface area contributed by atoms with Gasteiger partial charge < -0.3 is 5.32 Å². The number of nitrogens with zero attached hydrogens (tertiary/aromatic N) is 1. The van der Waals surface area contributed by atoms with Crippen molar-refractivity contribution < 1.29 is 0 Å². The molecule has 0 aliphatic carbocycles. The molecule has 0 radical (unpaired) electrons. The predicted molar refractivity (Wildman–Crippen MR) is 89.4 cm³/mol. The van der Waals surface area contributed by atoms with Gasteiger partial charge in [-0.3, -0.25) is 4.90 Å². The van der Waals surface area contributed by atoms with E-state index in [1.807, 2.05) is 19.2 Å². The van der Waals surface area contributed by atoms with E-state index in [1.54, 1.807) is 0 Å². The molecule has 2 atom stereocenters. The molecule has 0 spiro atoms. The number of nitrogens with one attached hydrogen (secondary N) is 1. The zero-order chi connectivity index (χ0) is 15.2. The zero-order valence-corrected chi connectivity index (χ0v) is 14.3. The Bertz CT molecular complexity index is 400. The highest BCUT2D eigenvalue weighted by Crippen LogP contribution is 2.28. The van der Waals surface area contributed by atoms with Crippen molar-refractivity contribution in [3.05, 3.63) is 34.9 Å². The van der Waals surface area contributed by atoms with Gasteiger partial charge in [-0.15, -0.1) is 0 Å². The van der Waals surface area contributed by atoms with Gasteiger partial charge >= 0.3 is 0 Å². The molecule has 2 unspecified atom stereocenters. The number of hydrogen-bond acceptors (Lipinski definition) is 2. The maximum absolute atomic E-state index is 6.10. The number of halogens is 1. The van der Waals surface area contributed by atoms with E-state index in [2.05, 4.69) is 50.2 Å². The predicted octanol–water partition coefficient (Wildman–Crippen LogP) is 4.36. The third-order valence-electron chi connectivity index (χ3n) is 4.08. The summed E-state index contributed by atoms with van der Waals surface area (Å²) < 4.78 is 0. The lowest BCUT2D eigenvalue weighted by Gasteiger charge is -2.36. The van der Waals surface area contributed by atoms with Crippen LogP contribution < -0.4 is 5.32 Å². The monoisotopic (exact) mass is 296 g/mol. The lowest BCUT2D eigenvalue weighted by Crippen LogP contribution is -2.41. The van der Waals surface area contributed by atoms with Gasteiger partial charge in [0.05, 0.1) is 0 Å². The van der Waals surface area contributed by atoms with Gasteiger partial charge in [0.15, 0.2) is 0 Å². The van der Waals surface area contributed by atoms with Gasteiger partial charge in [0.2, 0.25) is 0 Å². The summed E-state index contributed by atoms with van der Waals surface area (Å²) in [5.41, 5.74) is 1.59. The van der Waals surface area contributed by atoms with Crippen LogP contribution >= 0.6 is 11.6 Å². The fraction of sp³-hybridized carbons (Fsp3) is 0.647. The highest BCUT2D eigenvalue weighted by atomic mass is 35.5. The second-order valence-corrected chi connectivity index (χ2v) is 6.67. The molecule has 0 amide bonds. The van der Waals surface area contributed by atoms with E-state index in [4.69, 9.17) is 11.6 Å². The molecule has 1 N–H and O–H groups in total. The lowest BCUT2D eigenvalue weighted by molar-refractivity contribution is 0.144. The van der Waals surface area contributed by atoms with Crippen LogP contribution in [0, 0.1) is 5.41 Å². The molecule has 114 valence electrons. The molecule has 0 bridgehead atoms. The molecule has 0 saturated heterocycles. The summed E-state index contributed by atoms with van der Waals surface area (Å²) in [6.07, 6.45) is 2.46. The van der Waals surface area contributed by atoms with Crippen LogP contribution in [0.1, 0.15) is 45.2 Å². The zero-order valence-electron chi connectivity index (χ0n) is 13.5. The van der Waals surface area contributed by atoms with Crippen molar-refractivity contribution in [1.82, 2.24) is 10.2 Å². The summed E-state index contributed by atoms with van der Waals surface area (Å²) in [6.45, 7) is 9.00. The van der Waals surface area contributed by atoms with Crippen molar-refractivity contribution in [2.24, 2.45) is 5.41 Å². The summed E-state index contributed by atoms with van der Waals surface area (Å²) in [6, 6.07) is 8.56. The van der Waals surface area contributed by atoms with Crippen molar-refractivity contribution in [2.45, 2.75) is 39.7 Å². The van der Waals surface area contributed by atoms with E-state index in [0.29, 0.717) is 11.5 Å². The van der Waals surface area contributed by atoms with Crippen molar-refractivity contribution in [2.75, 3.05) is 27.2 Å². The molecule has 1 aromatic carbocycles. The van der Waals surface area contributed by atoms with E-state index >= 15 is 0 Å². The highest BCUT2D eigenvalue weighted by molar-refractivity contribution is 6.30. The Morgan fingerprint density at radius 2 is 2.10 bits per heavy atom. The summed E-state index contributed by atoms with van der Waals surface area (Å²) in [4.78, 5) is 2.43. The molecular weight excluding hydrogens is 268 g/mol. The standard InChI is InChI=1S/C17H29ClN2/c1-6-10-17(3,12-19-4)13-20(5)14(2)15-8-7-9-16(18)11-15/h7-9,11,14,19H,6,10,12-13H2,1-5H3. The van der Waals surface area contributed by atoms with Crippen LogP contribution in [0.15, 0.2) is 24.3 Å². The molecule has 1 rings (SSSR count). The van der Waals surface area contributed by atoms with Crippen molar-refractivity contribution in [3.8, 4) is 0 Å². The maximum atomic E-state index is 6.10. The van der Waals surface area contributed by atoms with E-state index in [0.717, 1.165) is 18.1 Å². The molecule has 2 nitrogen and oxygen atoms in total. The third-order valence-corrected chi connectivity index (χ3v) is 4.32. The fourth-order valence-electron chi connectivity index (χ4n) is 3.01. The van der Waals surface area contributed by atoms with Crippen molar-refractivity contribution in [1.29, 1.82) is 0 Å². The van der Waals surface area contributed by atoms with Crippen LogP contribution in [0.4, 0.5) is 0 Å². The molecule has 0 aromatic heterocycles. The molecule has 0 aliphatic rings. The van der Waals surface area contributed by atoms with Crippen molar-refractivity contribution >= 4 is 11.6 Å². The van der Waals surface area contributed by atoms with Crippen LogP contribution in [0.5, 0.6) is 0 Å². The number of rotatable bonds is 8.